The van der Waals surface area contributed by atoms with Crippen LogP contribution in [-0.4, -0.2) is 6.54 Å². The van der Waals surface area contributed by atoms with Crippen molar-refractivity contribution in [3.05, 3.63) is 0 Å². The van der Waals surface area contributed by atoms with Crippen LogP contribution in [0.15, 0.2) is 0 Å². The summed E-state index contributed by atoms with van der Waals surface area (Å²) in [6, 6.07) is 0. The summed E-state index contributed by atoms with van der Waals surface area (Å²) in [5, 5.41) is 0. The fourth-order valence-electron chi connectivity index (χ4n) is 0.400. The van der Waals surface area contributed by atoms with Gasteiger partial charge in [0.15, 0.2) is 0 Å². The van der Waals surface area contributed by atoms with Gasteiger partial charge in [-0.1, -0.05) is 13.8 Å². The van der Waals surface area contributed by atoms with Gasteiger partial charge in [0.1, 0.15) is 0 Å². The average molecular weight is 162 g/mol. The Hall–Kier alpha value is -0.190. The Labute approximate surface area is 69.8 Å². The average Bonchev–Trinajstić information content (AvgIpc) is 1.84. The van der Waals surface area contributed by atoms with E-state index in [0.717, 1.165) is 6.42 Å². The minimum atomic E-state index is 0. The third-order valence-electron chi connectivity index (χ3n) is 1.30. The number of hydrogen-bond acceptors (Lipinski definition) is 1. The third-order valence-corrected chi connectivity index (χ3v) is 1.30. The van der Waals surface area contributed by atoms with Crippen molar-refractivity contribution in [2.45, 2.75) is 27.2 Å². The first-order chi connectivity index (χ1) is 4.12. The smallest absolute Gasteiger partial charge is 0.0152 e. The number of rotatable bonds is 2. The van der Waals surface area contributed by atoms with Crippen LogP contribution in [0, 0.1) is 17.3 Å². The SMILES string of the molecule is CC#CCC(C)(C)CN.Cl. The highest BCUT2D eigenvalue weighted by atomic mass is 35.5. The molecule has 0 saturated carbocycles. The monoisotopic (exact) mass is 161 g/mol. The highest BCUT2D eigenvalue weighted by molar-refractivity contribution is 5.85. The Bertz CT molecular complexity index is 130. The third kappa shape index (κ3) is 5.94. The van der Waals surface area contributed by atoms with Crippen molar-refractivity contribution < 1.29 is 0 Å². The molecule has 0 aliphatic rings. The maximum Gasteiger partial charge on any atom is 0.0152 e. The van der Waals surface area contributed by atoms with Crippen LogP contribution in [0.4, 0.5) is 0 Å². The molecule has 0 amide bonds. The molecule has 0 atom stereocenters. The first-order valence-electron chi connectivity index (χ1n) is 3.22. The van der Waals surface area contributed by atoms with Crippen LogP contribution >= 0.6 is 12.4 Å². The zero-order valence-corrected chi connectivity index (χ0v) is 7.72. The van der Waals surface area contributed by atoms with Crippen LogP contribution in [0.5, 0.6) is 0 Å². The Kier molecular flexibility index (Phi) is 6.97. The lowest BCUT2D eigenvalue weighted by Crippen LogP contribution is -2.22. The van der Waals surface area contributed by atoms with E-state index in [4.69, 9.17) is 5.73 Å². The van der Waals surface area contributed by atoms with Gasteiger partial charge in [0.25, 0.3) is 0 Å². The molecule has 2 heteroatoms. The van der Waals surface area contributed by atoms with Crippen molar-refractivity contribution in [3.8, 4) is 11.8 Å². The van der Waals surface area contributed by atoms with Gasteiger partial charge in [0.05, 0.1) is 0 Å². The molecule has 1 nitrogen and oxygen atoms in total. The van der Waals surface area contributed by atoms with E-state index in [1.165, 1.54) is 0 Å². The largest absolute Gasteiger partial charge is 0.330 e. The molecule has 10 heavy (non-hydrogen) atoms. The molecule has 0 rings (SSSR count). The lowest BCUT2D eigenvalue weighted by molar-refractivity contribution is 0.391. The summed E-state index contributed by atoms with van der Waals surface area (Å²) < 4.78 is 0. The first kappa shape index (κ1) is 12.5. The Morgan fingerprint density at radius 2 is 1.90 bits per heavy atom. The van der Waals surface area contributed by atoms with Gasteiger partial charge in [-0.25, -0.2) is 0 Å². The molecule has 0 aliphatic carbocycles. The van der Waals surface area contributed by atoms with E-state index in [2.05, 4.69) is 25.7 Å². The van der Waals surface area contributed by atoms with Gasteiger partial charge in [-0.15, -0.1) is 24.2 Å². The molecular weight excluding hydrogens is 146 g/mol. The number of halogens is 1. The van der Waals surface area contributed by atoms with E-state index in [1.54, 1.807) is 0 Å². The molecule has 0 fully saturated rings. The second-order valence-electron chi connectivity index (χ2n) is 2.97. The van der Waals surface area contributed by atoms with E-state index < -0.39 is 0 Å². The molecular formula is C8H16ClN. The van der Waals surface area contributed by atoms with Gasteiger partial charge in [-0.3, -0.25) is 0 Å². The van der Waals surface area contributed by atoms with E-state index >= 15 is 0 Å². The highest BCUT2D eigenvalue weighted by Gasteiger charge is 2.12. The minimum absolute atomic E-state index is 0. The summed E-state index contributed by atoms with van der Waals surface area (Å²) in [7, 11) is 0. The van der Waals surface area contributed by atoms with Crippen LogP contribution in [0.3, 0.4) is 0 Å². The molecule has 0 bridgehead atoms. The zero-order valence-electron chi connectivity index (χ0n) is 6.90. The van der Waals surface area contributed by atoms with Gasteiger partial charge in [0.2, 0.25) is 0 Å². The number of hydrogen-bond donors (Lipinski definition) is 1. The topological polar surface area (TPSA) is 26.0 Å². The van der Waals surface area contributed by atoms with Crippen molar-refractivity contribution in [1.29, 1.82) is 0 Å². The fraction of sp³-hybridized carbons (Fsp3) is 0.750. The molecule has 0 saturated heterocycles. The summed E-state index contributed by atoms with van der Waals surface area (Å²) in [6.07, 6.45) is 0.903. The molecule has 0 spiro atoms. The maximum absolute atomic E-state index is 5.48. The summed E-state index contributed by atoms with van der Waals surface area (Å²) in [6.45, 7) is 6.81. The summed E-state index contributed by atoms with van der Waals surface area (Å²) in [5.41, 5.74) is 5.68. The molecule has 0 aromatic heterocycles. The van der Waals surface area contributed by atoms with Crippen LogP contribution in [0.1, 0.15) is 27.2 Å². The van der Waals surface area contributed by atoms with Crippen molar-refractivity contribution in [1.82, 2.24) is 0 Å². The second-order valence-corrected chi connectivity index (χ2v) is 2.97. The normalized spacial score (nSPS) is 9.20. The maximum atomic E-state index is 5.48. The van der Waals surface area contributed by atoms with Crippen molar-refractivity contribution in [3.63, 3.8) is 0 Å². The van der Waals surface area contributed by atoms with Crippen molar-refractivity contribution in [2.75, 3.05) is 6.54 Å². The summed E-state index contributed by atoms with van der Waals surface area (Å²) in [5.74, 6) is 5.86. The van der Waals surface area contributed by atoms with Crippen molar-refractivity contribution in [2.24, 2.45) is 11.1 Å². The lowest BCUT2D eigenvalue weighted by atomic mass is 9.90. The quantitative estimate of drug-likeness (QED) is 0.615. The van der Waals surface area contributed by atoms with E-state index in [1.807, 2.05) is 6.92 Å². The predicted molar refractivity (Wildman–Crippen MR) is 48.2 cm³/mol. The van der Waals surface area contributed by atoms with Crippen LogP contribution in [0.25, 0.3) is 0 Å². The summed E-state index contributed by atoms with van der Waals surface area (Å²) in [4.78, 5) is 0. The molecule has 2 N–H and O–H groups in total. The Morgan fingerprint density at radius 3 is 2.20 bits per heavy atom. The van der Waals surface area contributed by atoms with Crippen LogP contribution in [0.2, 0.25) is 0 Å². The van der Waals surface area contributed by atoms with Crippen molar-refractivity contribution >= 4 is 12.4 Å². The van der Waals surface area contributed by atoms with Gasteiger partial charge >= 0.3 is 0 Å². The van der Waals surface area contributed by atoms with E-state index in [0.29, 0.717) is 6.54 Å². The number of nitrogens with two attached hydrogens (primary N) is 1. The molecule has 0 radical (unpaired) electrons. The lowest BCUT2D eigenvalue weighted by Gasteiger charge is -2.17. The predicted octanol–water partition coefficient (Wildman–Crippen LogP) is 1.81. The van der Waals surface area contributed by atoms with Gasteiger partial charge in [-0.2, -0.15) is 0 Å². The zero-order chi connectivity index (χ0) is 7.33. The molecule has 0 aromatic rings. The summed E-state index contributed by atoms with van der Waals surface area (Å²) >= 11 is 0. The molecule has 0 aliphatic heterocycles. The molecule has 0 unspecified atom stereocenters. The minimum Gasteiger partial charge on any atom is -0.330 e. The first-order valence-corrected chi connectivity index (χ1v) is 3.22. The van der Waals surface area contributed by atoms with Crippen LogP contribution in [-0.2, 0) is 0 Å². The van der Waals surface area contributed by atoms with Gasteiger partial charge in [-0.05, 0) is 18.9 Å². The molecule has 0 aromatic carbocycles. The second kappa shape index (κ2) is 5.58. The van der Waals surface area contributed by atoms with Crippen LogP contribution < -0.4 is 5.73 Å². The van der Waals surface area contributed by atoms with E-state index in [9.17, 15) is 0 Å². The van der Waals surface area contributed by atoms with Gasteiger partial charge in [0, 0.05) is 6.42 Å². The Morgan fingerprint density at radius 1 is 1.40 bits per heavy atom. The van der Waals surface area contributed by atoms with E-state index in [-0.39, 0.29) is 17.8 Å². The molecule has 0 heterocycles. The fourth-order valence-corrected chi connectivity index (χ4v) is 0.400. The molecule has 60 valence electrons. The standard InChI is InChI=1S/C8H15N.ClH/c1-4-5-6-8(2,3)7-9;/h6-7,9H2,1-3H3;1H. The highest BCUT2D eigenvalue weighted by Crippen LogP contribution is 2.16. The van der Waals surface area contributed by atoms with Gasteiger partial charge < -0.3 is 5.73 Å². The Balaban J connectivity index is 0.